The van der Waals surface area contributed by atoms with Crippen molar-refractivity contribution in [3.05, 3.63) is 0 Å². The summed E-state index contributed by atoms with van der Waals surface area (Å²) >= 11 is 0. The van der Waals surface area contributed by atoms with Gasteiger partial charge in [-0.15, -0.1) is 0 Å². The van der Waals surface area contributed by atoms with E-state index in [0.717, 1.165) is 0 Å². The molecule has 0 fully saturated rings. The fourth-order valence-corrected chi connectivity index (χ4v) is 0.830. The number of hydrogen-bond donors (Lipinski definition) is 2. The van der Waals surface area contributed by atoms with E-state index in [1.165, 1.54) is 0 Å². The van der Waals surface area contributed by atoms with Gasteiger partial charge in [-0.1, -0.05) is 0 Å². The minimum absolute atomic E-state index is 0.0493. The third kappa shape index (κ3) is 7.27. The average molecular weight is 189 g/mol. The lowest BCUT2D eigenvalue weighted by Gasteiger charge is -2.11. The van der Waals surface area contributed by atoms with Crippen LogP contribution in [0.4, 0.5) is 0 Å². The van der Waals surface area contributed by atoms with Gasteiger partial charge in [-0.2, -0.15) is 0 Å². The molecule has 0 heterocycles. The van der Waals surface area contributed by atoms with Gasteiger partial charge in [-0.25, -0.2) is 0 Å². The van der Waals surface area contributed by atoms with Crippen molar-refractivity contribution in [1.82, 2.24) is 5.32 Å². The Morgan fingerprint density at radius 3 is 2.62 bits per heavy atom. The second-order valence-electron chi connectivity index (χ2n) is 2.82. The summed E-state index contributed by atoms with van der Waals surface area (Å²) < 4.78 is 4.81. The molecule has 0 saturated heterocycles. The molecule has 1 unspecified atom stereocenters. The number of amides is 1. The summed E-state index contributed by atoms with van der Waals surface area (Å²) in [6.45, 7) is 2.35. The first kappa shape index (κ1) is 11.9. The molecule has 76 valence electrons. The molecule has 0 aliphatic rings. The maximum atomic E-state index is 10.9. The van der Waals surface area contributed by atoms with Crippen LogP contribution in [0.25, 0.3) is 0 Å². The van der Waals surface area contributed by atoms with Crippen LogP contribution in [0.2, 0.25) is 0 Å². The molecule has 5 nitrogen and oxygen atoms in total. The number of methoxy groups -OCH3 is 1. The zero-order valence-electron chi connectivity index (χ0n) is 7.87. The first-order chi connectivity index (χ1) is 6.06. The van der Waals surface area contributed by atoms with Crippen LogP contribution in [-0.4, -0.2) is 36.7 Å². The number of hydrogen-bond acceptors (Lipinski definition) is 3. The minimum atomic E-state index is -1.11. The van der Waals surface area contributed by atoms with Crippen molar-refractivity contribution in [2.45, 2.75) is 25.8 Å². The van der Waals surface area contributed by atoms with Crippen LogP contribution in [0, 0.1) is 0 Å². The molecule has 2 N–H and O–H groups in total. The topological polar surface area (TPSA) is 75.6 Å². The van der Waals surface area contributed by atoms with E-state index >= 15 is 0 Å². The van der Waals surface area contributed by atoms with Gasteiger partial charge in [0, 0.05) is 19.8 Å². The maximum Gasteiger partial charge on any atom is 0.312 e. The smallest absolute Gasteiger partial charge is 0.312 e. The number of nitrogens with one attached hydrogen (secondary N) is 1. The van der Waals surface area contributed by atoms with Gasteiger partial charge < -0.3 is 15.2 Å². The third-order valence-electron chi connectivity index (χ3n) is 1.47. The zero-order chi connectivity index (χ0) is 10.3. The predicted molar refractivity (Wildman–Crippen MR) is 46.4 cm³/mol. The summed E-state index contributed by atoms with van der Waals surface area (Å²) in [5, 5.41) is 10.8. The van der Waals surface area contributed by atoms with Crippen molar-refractivity contribution in [2.75, 3.05) is 13.7 Å². The number of ether oxygens (including phenoxy) is 1. The molecule has 1 amide bonds. The quantitative estimate of drug-likeness (QED) is 0.577. The zero-order valence-corrected chi connectivity index (χ0v) is 7.87. The minimum Gasteiger partial charge on any atom is -0.481 e. The van der Waals surface area contributed by atoms with Crippen LogP contribution in [-0.2, 0) is 14.3 Å². The molecule has 13 heavy (non-hydrogen) atoms. The molecule has 0 aromatic rings. The van der Waals surface area contributed by atoms with E-state index in [9.17, 15) is 9.59 Å². The molecule has 0 aliphatic carbocycles. The Bertz CT molecular complexity index is 181. The number of carboxylic acids is 1. The Kier molecular flexibility index (Phi) is 5.88. The van der Waals surface area contributed by atoms with Crippen molar-refractivity contribution in [3.8, 4) is 0 Å². The molecule has 0 aliphatic heterocycles. The van der Waals surface area contributed by atoms with Gasteiger partial charge in [0.25, 0.3) is 0 Å². The first-order valence-corrected chi connectivity index (χ1v) is 4.06. The molecule has 0 saturated carbocycles. The fourth-order valence-electron chi connectivity index (χ4n) is 0.830. The Morgan fingerprint density at radius 2 is 2.15 bits per heavy atom. The van der Waals surface area contributed by atoms with E-state index in [4.69, 9.17) is 9.84 Å². The standard InChI is InChI=1S/C8H15NO4/c1-6(3-4-13-2)9-7(10)5-8(11)12/h6H,3-5H2,1-2H3,(H,9,10)(H,11,12). The van der Waals surface area contributed by atoms with Gasteiger partial charge in [0.15, 0.2) is 0 Å². The molecule has 0 aromatic heterocycles. The van der Waals surface area contributed by atoms with E-state index in [2.05, 4.69) is 5.32 Å². The van der Waals surface area contributed by atoms with Crippen LogP contribution >= 0.6 is 0 Å². The Hall–Kier alpha value is -1.10. The van der Waals surface area contributed by atoms with Gasteiger partial charge in [0.05, 0.1) is 0 Å². The lowest BCUT2D eigenvalue weighted by Crippen LogP contribution is -2.34. The summed E-state index contributed by atoms with van der Waals surface area (Å²) in [6, 6.07) is -0.0493. The number of carbonyl (C=O) groups is 2. The summed E-state index contributed by atoms with van der Waals surface area (Å²) in [6.07, 6.45) is 0.208. The molecular formula is C8H15NO4. The SMILES string of the molecule is COCCC(C)NC(=O)CC(=O)O. The van der Waals surface area contributed by atoms with Gasteiger partial charge in [-0.3, -0.25) is 9.59 Å². The molecule has 0 radical (unpaired) electrons. The summed E-state index contributed by atoms with van der Waals surface area (Å²) in [5.74, 6) is -1.58. The van der Waals surface area contributed by atoms with E-state index in [-0.39, 0.29) is 6.04 Å². The van der Waals surface area contributed by atoms with E-state index in [1.807, 2.05) is 0 Å². The van der Waals surface area contributed by atoms with Crippen molar-refractivity contribution in [1.29, 1.82) is 0 Å². The number of rotatable bonds is 6. The number of carboxylic acid groups (broad SMARTS) is 1. The van der Waals surface area contributed by atoms with Crippen molar-refractivity contribution in [2.24, 2.45) is 0 Å². The monoisotopic (exact) mass is 189 g/mol. The molecule has 1 atom stereocenters. The number of aliphatic carboxylic acids is 1. The third-order valence-corrected chi connectivity index (χ3v) is 1.47. The van der Waals surface area contributed by atoms with Crippen LogP contribution in [0.1, 0.15) is 19.8 Å². The number of carbonyl (C=O) groups excluding carboxylic acids is 1. The maximum absolute atomic E-state index is 10.9. The van der Waals surface area contributed by atoms with Gasteiger partial charge in [0.2, 0.25) is 5.91 Å². The van der Waals surface area contributed by atoms with Gasteiger partial charge in [0.1, 0.15) is 6.42 Å². The summed E-state index contributed by atoms with van der Waals surface area (Å²) in [4.78, 5) is 21.0. The van der Waals surface area contributed by atoms with E-state index in [0.29, 0.717) is 13.0 Å². The summed E-state index contributed by atoms with van der Waals surface area (Å²) in [7, 11) is 1.58. The molecule has 5 heteroatoms. The molecule has 0 bridgehead atoms. The molecular weight excluding hydrogens is 174 g/mol. The highest BCUT2D eigenvalue weighted by Gasteiger charge is 2.10. The van der Waals surface area contributed by atoms with Crippen molar-refractivity contribution >= 4 is 11.9 Å². The highest BCUT2D eigenvalue weighted by molar-refractivity contribution is 5.93. The lowest BCUT2D eigenvalue weighted by atomic mass is 10.2. The first-order valence-electron chi connectivity index (χ1n) is 4.06. The van der Waals surface area contributed by atoms with Crippen molar-refractivity contribution in [3.63, 3.8) is 0 Å². The highest BCUT2D eigenvalue weighted by atomic mass is 16.5. The summed E-state index contributed by atoms with van der Waals surface area (Å²) in [5.41, 5.74) is 0. The Balaban J connectivity index is 3.59. The van der Waals surface area contributed by atoms with Gasteiger partial charge >= 0.3 is 5.97 Å². The fraction of sp³-hybridized carbons (Fsp3) is 0.750. The van der Waals surface area contributed by atoms with Crippen LogP contribution in [0.15, 0.2) is 0 Å². The molecule has 0 spiro atoms. The Labute approximate surface area is 77.1 Å². The van der Waals surface area contributed by atoms with Crippen LogP contribution < -0.4 is 5.32 Å². The second kappa shape index (κ2) is 6.42. The van der Waals surface area contributed by atoms with Gasteiger partial charge in [-0.05, 0) is 13.3 Å². The lowest BCUT2D eigenvalue weighted by molar-refractivity contribution is -0.140. The molecule has 0 rings (SSSR count). The van der Waals surface area contributed by atoms with Crippen molar-refractivity contribution < 1.29 is 19.4 Å². The predicted octanol–water partition coefficient (Wildman–Crippen LogP) is 0.00230. The Morgan fingerprint density at radius 1 is 1.54 bits per heavy atom. The highest BCUT2D eigenvalue weighted by Crippen LogP contribution is 1.91. The largest absolute Gasteiger partial charge is 0.481 e. The second-order valence-corrected chi connectivity index (χ2v) is 2.82. The van der Waals surface area contributed by atoms with E-state index < -0.39 is 18.3 Å². The van der Waals surface area contributed by atoms with E-state index in [1.54, 1.807) is 14.0 Å². The van der Waals surface area contributed by atoms with Crippen LogP contribution in [0.5, 0.6) is 0 Å². The van der Waals surface area contributed by atoms with Crippen LogP contribution in [0.3, 0.4) is 0 Å². The normalized spacial score (nSPS) is 12.2. The average Bonchev–Trinajstić information content (AvgIpc) is 1.98. The molecule has 0 aromatic carbocycles.